The van der Waals surface area contributed by atoms with Crippen molar-refractivity contribution in [2.24, 2.45) is 11.8 Å². The summed E-state index contributed by atoms with van der Waals surface area (Å²) in [6.07, 6.45) is 0. The van der Waals surface area contributed by atoms with Crippen LogP contribution in [-0.2, 0) is 4.79 Å². The molecule has 0 aliphatic carbocycles. The quantitative estimate of drug-likeness (QED) is 0.679. The zero-order valence-corrected chi connectivity index (χ0v) is 16.3. The fourth-order valence-electron chi connectivity index (χ4n) is 3.34. The van der Waals surface area contributed by atoms with E-state index in [9.17, 15) is 4.79 Å². The van der Waals surface area contributed by atoms with Crippen LogP contribution in [0.2, 0.25) is 0 Å². The van der Waals surface area contributed by atoms with Gasteiger partial charge in [-0.1, -0.05) is 70.0 Å². The average molecular weight is 437 g/mol. The minimum absolute atomic E-state index is 0.0297. The molecule has 1 saturated heterocycles. The monoisotopic (exact) mass is 435 g/mol. The van der Waals surface area contributed by atoms with Crippen molar-refractivity contribution in [3.8, 4) is 0 Å². The number of nitrogens with one attached hydrogen (secondary N) is 1. The Morgan fingerprint density at radius 3 is 1.43 bits per heavy atom. The molecule has 4 atom stereocenters. The van der Waals surface area contributed by atoms with Crippen molar-refractivity contribution in [1.29, 1.82) is 0 Å². The maximum atomic E-state index is 12.8. The van der Waals surface area contributed by atoms with Crippen molar-refractivity contribution in [3.63, 3.8) is 0 Å². The molecule has 0 unspecified atom stereocenters. The van der Waals surface area contributed by atoms with Crippen molar-refractivity contribution < 1.29 is 4.79 Å². The molecule has 1 fully saturated rings. The van der Waals surface area contributed by atoms with Gasteiger partial charge >= 0.3 is 0 Å². The third kappa shape index (κ3) is 3.44. The molecule has 0 saturated carbocycles. The van der Waals surface area contributed by atoms with Gasteiger partial charge in [0.05, 0.1) is 0 Å². The van der Waals surface area contributed by atoms with Gasteiger partial charge in [-0.25, -0.2) is 0 Å². The first-order valence-electron chi connectivity index (χ1n) is 7.78. The van der Waals surface area contributed by atoms with E-state index in [2.05, 4.69) is 61.4 Å². The summed E-state index contributed by atoms with van der Waals surface area (Å²) in [7, 11) is 0. The highest BCUT2D eigenvalue weighted by molar-refractivity contribution is 9.10. The second-order valence-electron chi connectivity index (χ2n) is 6.20. The number of piperidine rings is 1. The van der Waals surface area contributed by atoms with Crippen LogP contribution in [-0.4, -0.2) is 5.78 Å². The van der Waals surface area contributed by atoms with Crippen molar-refractivity contribution in [2.45, 2.75) is 25.9 Å². The lowest BCUT2D eigenvalue weighted by molar-refractivity contribution is -0.130. The minimum Gasteiger partial charge on any atom is -0.302 e. The number of hydrogen-bond acceptors (Lipinski definition) is 2. The molecule has 0 aromatic heterocycles. The second kappa shape index (κ2) is 6.88. The van der Waals surface area contributed by atoms with Crippen LogP contribution < -0.4 is 5.32 Å². The SMILES string of the molecule is C[C@@H]1C(=O)[C@H](C)[C@@H](c2ccc(Br)cc2)N[C@H]1c1ccc(Br)cc1. The molecule has 4 heteroatoms. The van der Waals surface area contributed by atoms with E-state index >= 15 is 0 Å². The van der Waals surface area contributed by atoms with Gasteiger partial charge in [0.2, 0.25) is 0 Å². The Hall–Kier alpha value is -0.970. The Bertz CT molecular complexity index is 637. The average Bonchev–Trinajstić information content (AvgIpc) is 2.55. The molecule has 1 aliphatic rings. The Morgan fingerprint density at radius 1 is 0.739 bits per heavy atom. The van der Waals surface area contributed by atoms with Crippen LogP contribution in [0.25, 0.3) is 0 Å². The number of hydrogen-bond donors (Lipinski definition) is 1. The van der Waals surface area contributed by atoms with E-state index < -0.39 is 0 Å². The third-order valence-corrected chi connectivity index (χ3v) is 5.77. The van der Waals surface area contributed by atoms with Crippen LogP contribution in [0.4, 0.5) is 0 Å². The summed E-state index contributed by atoms with van der Waals surface area (Å²) >= 11 is 6.94. The first kappa shape index (κ1) is 16.9. The van der Waals surface area contributed by atoms with Gasteiger partial charge in [0.15, 0.2) is 0 Å². The molecule has 1 N–H and O–H groups in total. The molecule has 1 aliphatic heterocycles. The normalized spacial score (nSPS) is 27.9. The van der Waals surface area contributed by atoms with Gasteiger partial charge < -0.3 is 5.32 Å². The fourth-order valence-corrected chi connectivity index (χ4v) is 3.86. The summed E-state index contributed by atoms with van der Waals surface area (Å²) in [5, 5.41) is 3.70. The first-order chi connectivity index (χ1) is 11.0. The summed E-state index contributed by atoms with van der Waals surface area (Å²) in [6, 6.07) is 16.5. The second-order valence-corrected chi connectivity index (χ2v) is 8.04. The topological polar surface area (TPSA) is 29.1 Å². The lowest BCUT2D eigenvalue weighted by Gasteiger charge is -2.39. The standard InChI is InChI=1S/C19H19Br2NO/c1-11-17(13-3-7-15(20)8-4-13)22-18(12(2)19(11)23)14-5-9-16(21)10-6-14/h3-12,17-18,22H,1-2H3/t11-,12+,17+,18-. The van der Waals surface area contributed by atoms with E-state index in [0.717, 1.165) is 20.1 Å². The van der Waals surface area contributed by atoms with Crippen LogP contribution in [0.3, 0.4) is 0 Å². The first-order valence-corrected chi connectivity index (χ1v) is 9.36. The third-order valence-electron chi connectivity index (χ3n) is 4.71. The Morgan fingerprint density at radius 2 is 1.09 bits per heavy atom. The molecule has 0 radical (unpaired) electrons. The van der Waals surface area contributed by atoms with E-state index in [0.29, 0.717) is 5.78 Å². The van der Waals surface area contributed by atoms with Gasteiger partial charge in [0.25, 0.3) is 0 Å². The summed E-state index contributed by atoms with van der Waals surface area (Å²) in [4.78, 5) is 12.8. The van der Waals surface area contributed by atoms with Gasteiger partial charge in [0.1, 0.15) is 5.78 Å². The molecule has 0 amide bonds. The van der Waals surface area contributed by atoms with E-state index in [-0.39, 0.29) is 23.9 Å². The summed E-state index contributed by atoms with van der Waals surface area (Å²) < 4.78 is 2.10. The van der Waals surface area contributed by atoms with Crippen molar-refractivity contribution in [3.05, 3.63) is 68.6 Å². The van der Waals surface area contributed by atoms with Crippen LogP contribution >= 0.6 is 31.9 Å². The molecular formula is C19H19Br2NO. The van der Waals surface area contributed by atoms with Gasteiger partial charge in [-0.2, -0.15) is 0 Å². The zero-order valence-electron chi connectivity index (χ0n) is 13.1. The Kier molecular flexibility index (Phi) is 5.04. The van der Waals surface area contributed by atoms with Crippen molar-refractivity contribution >= 4 is 37.6 Å². The highest BCUT2D eigenvalue weighted by Gasteiger charge is 2.39. The van der Waals surface area contributed by atoms with E-state index in [4.69, 9.17) is 0 Å². The number of Topliss-reactive ketones (excluding diaryl/α,β-unsaturated/α-hetero) is 1. The predicted octanol–water partition coefficient (Wildman–Crippen LogP) is 5.44. The number of rotatable bonds is 2. The van der Waals surface area contributed by atoms with Crippen LogP contribution in [0.1, 0.15) is 37.1 Å². The maximum absolute atomic E-state index is 12.8. The van der Waals surface area contributed by atoms with E-state index in [1.807, 2.05) is 38.1 Å². The van der Waals surface area contributed by atoms with Gasteiger partial charge in [-0.15, -0.1) is 0 Å². The van der Waals surface area contributed by atoms with Gasteiger partial charge in [-0.05, 0) is 35.4 Å². The predicted molar refractivity (Wildman–Crippen MR) is 100 cm³/mol. The molecule has 120 valence electrons. The molecule has 23 heavy (non-hydrogen) atoms. The number of benzene rings is 2. The highest BCUT2D eigenvalue weighted by Crippen LogP contribution is 2.38. The number of carbonyl (C=O) groups excluding carboxylic acids is 1. The summed E-state index contributed by atoms with van der Waals surface area (Å²) in [5.41, 5.74) is 2.31. The van der Waals surface area contributed by atoms with Crippen molar-refractivity contribution in [2.75, 3.05) is 0 Å². The summed E-state index contributed by atoms with van der Waals surface area (Å²) in [6.45, 7) is 4.05. The van der Waals surface area contributed by atoms with Crippen LogP contribution in [0.15, 0.2) is 57.5 Å². The van der Waals surface area contributed by atoms with Gasteiger partial charge in [0, 0.05) is 32.9 Å². The van der Waals surface area contributed by atoms with Crippen molar-refractivity contribution in [1.82, 2.24) is 5.32 Å². The number of carbonyl (C=O) groups is 1. The highest BCUT2D eigenvalue weighted by atomic mass is 79.9. The van der Waals surface area contributed by atoms with E-state index in [1.165, 1.54) is 0 Å². The van der Waals surface area contributed by atoms with E-state index in [1.54, 1.807) is 0 Å². The number of halogens is 2. The maximum Gasteiger partial charge on any atom is 0.142 e. The zero-order chi connectivity index (χ0) is 16.6. The van der Waals surface area contributed by atoms with Gasteiger partial charge in [-0.3, -0.25) is 4.79 Å². The molecule has 2 nitrogen and oxygen atoms in total. The van der Waals surface area contributed by atoms with Crippen LogP contribution in [0.5, 0.6) is 0 Å². The largest absolute Gasteiger partial charge is 0.302 e. The minimum atomic E-state index is -0.0297. The summed E-state index contributed by atoms with van der Waals surface area (Å²) in [5.74, 6) is 0.264. The molecule has 1 heterocycles. The Balaban J connectivity index is 1.94. The Labute approximate surface area is 153 Å². The molecule has 3 rings (SSSR count). The lowest BCUT2D eigenvalue weighted by Crippen LogP contribution is -2.46. The number of ketones is 1. The van der Waals surface area contributed by atoms with Crippen LogP contribution in [0, 0.1) is 11.8 Å². The molecule has 0 spiro atoms. The molecule has 2 aromatic carbocycles. The molecular weight excluding hydrogens is 418 g/mol. The molecule has 0 bridgehead atoms. The fraction of sp³-hybridized carbons (Fsp3) is 0.316. The molecule has 2 aromatic rings. The smallest absolute Gasteiger partial charge is 0.142 e. The lowest BCUT2D eigenvalue weighted by atomic mass is 9.76.